The van der Waals surface area contributed by atoms with Crippen LogP contribution >= 0.6 is 0 Å². The molecule has 7 heteroatoms. The average molecular weight is 719 g/mol. The van der Waals surface area contributed by atoms with E-state index in [1.54, 1.807) is 0 Å². The second kappa shape index (κ2) is 13.1. The lowest BCUT2D eigenvalue weighted by Crippen LogP contribution is -2.68. The second-order valence-corrected chi connectivity index (χ2v) is 21.5. The zero-order chi connectivity index (χ0) is 36.6. The lowest BCUT2D eigenvalue weighted by atomic mass is 9.33. The summed E-state index contributed by atoms with van der Waals surface area (Å²) in [6, 6.07) is 8.11. The van der Waals surface area contributed by atoms with Crippen LogP contribution in [0.1, 0.15) is 122 Å². The number of methoxy groups -OCH3 is 1. The molecule has 0 radical (unpaired) electrons. The third kappa shape index (κ3) is 5.93. The Morgan fingerprint density at radius 2 is 1.63 bits per heavy atom. The Morgan fingerprint density at radius 3 is 2.29 bits per heavy atom. The van der Waals surface area contributed by atoms with Crippen LogP contribution < -0.4 is 5.32 Å². The van der Waals surface area contributed by atoms with Gasteiger partial charge in [0.15, 0.2) is 9.84 Å². The Hall–Kier alpha value is -1.96. The van der Waals surface area contributed by atoms with Gasteiger partial charge in [0.1, 0.15) is 0 Å². The maximum Gasteiger partial charge on any atom is 0.337 e. The Balaban J connectivity index is 1.12. The van der Waals surface area contributed by atoms with Crippen molar-refractivity contribution in [2.24, 2.45) is 51.2 Å². The van der Waals surface area contributed by atoms with E-state index in [0.717, 1.165) is 25.9 Å². The minimum atomic E-state index is -2.84. The first kappa shape index (κ1) is 37.4. The molecule has 51 heavy (non-hydrogen) atoms. The molecule has 1 aromatic rings. The summed E-state index contributed by atoms with van der Waals surface area (Å²) in [7, 11) is -1.39. The highest BCUT2D eigenvalue weighted by Crippen LogP contribution is 2.76. The van der Waals surface area contributed by atoms with E-state index in [0.29, 0.717) is 70.6 Å². The molecule has 4 saturated carbocycles. The lowest BCUT2D eigenvalue weighted by Gasteiger charge is -2.72. The van der Waals surface area contributed by atoms with E-state index in [9.17, 15) is 13.2 Å². The van der Waals surface area contributed by atoms with Crippen molar-refractivity contribution < 1.29 is 17.9 Å². The van der Waals surface area contributed by atoms with Gasteiger partial charge in [-0.2, -0.15) is 0 Å². The molecule has 0 amide bonds. The molecule has 5 aliphatic carbocycles. The number of hydrogen-bond acceptors (Lipinski definition) is 6. The number of allylic oxidation sites excluding steroid dienone is 3. The van der Waals surface area contributed by atoms with E-state index in [1.165, 1.54) is 75.2 Å². The molecule has 6 aliphatic rings. The zero-order valence-corrected chi connectivity index (χ0v) is 33.6. The Kier molecular flexibility index (Phi) is 9.60. The zero-order valence-electron chi connectivity index (χ0n) is 32.8. The fraction of sp³-hybridized carbons (Fsp3) is 0.750. The van der Waals surface area contributed by atoms with Gasteiger partial charge < -0.3 is 15.0 Å². The molecule has 1 N–H and O–H groups in total. The average Bonchev–Trinajstić information content (AvgIpc) is 3.47. The number of esters is 1. The standard InChI is InChI=1S/C44H66N2O4S/c1-30(2)33-16-21-44(45-24-9-25-46-26-28-51(48,49)29-27-46)23-22-42(6)35(38(33)44)14-15-37-41(5)19-17-34(31-10-12-32(13-11-31)39(47)50-8)40(3,4)36(41)18-20-43(37,42)7/h10-13,17,33,35-38,45H,1,9,14-16,18-29H2,2-8H3. The molecule has 282 valence electrons. The minimum absolute atomic E-state index is 0.0451. The molecule has 9 unspecified atom stereocenters. The minimum Gasteiger partial charge on any atom is -0.465 e. The van der Waals surface area contributed by atoms with Crippen LogP contribution in [0.15, 0.2) is 42.5 Å². The summed E-state index contributed by atoms with van der Waals surface area (Å²) in [5.41, 5.74) is 5.77. The van der Waals surface area contributed by atoms with Crippen molar-refractivity contribution in [1.82, 2.24) is 10.2 Å². The van der Waals surface area contributed by atoms with Crippen molar-refractivity contribution in [2.75, 3.05) is 44.8 Å². The number of rotatable bonds is 8. The number of nitrogens with zero attached hydrogens (tertiary/aromatic N) is 1. The summed E-state index contributed by atoms with van der Waals surface area (Å²) in [6.07, 6.45) is 15.1. The molecular weight excluding hydrogens is 653 g/mol. The predicted molar refractivity (Wildman–Crippen MR) is 208 cm³/mol. The van der Waals surface area contributed by atoms with Crippen LogP contribution in [0.25, 0.3) is 5.57 Å². The molecule has 0 spiro atoms. The molecule has 1 heterocycles. The van der Waals surface area contributed by atoms with Crippen molar-refractivity contribution in [3.05, 3.63) is 53.6 Å². The van der Waals surface area contributed by atoms with E-state index in [2.05, 4.69) is 76.5 Å². The van der Waals surface area contributed by atoms with Crippen molar-refractivity contribution in [1.29, 1.82) is 0 Å². The molecule has 1 aromatic carbocycles. The fourth-order valence-electron chi connectivity index (χ4n) is 14.1. The number of benzene rings is 1. The summed E-state index contributed by atoms with van der Waals surface area (Å²) >= 11 is 0. The summed E-state index contributed by atoms with van der Waals surface area (Å²) in [4.78, 5) is 14.5. The lowest BCUT2D eigenvalue weighted by molar-refractivity contribution is -0.219. The maximum atomic E-state index is 12.1. The number of ether oxygens (including phenoxy) is 1. The number of carbonyl (C=O) groups excluding carboxylic acids is 1. The first-order valence-electron chi connectivity index (χ1n) is 20.2. The number of carbonyl (C=O) groups is 1. The highest BCUT2D eigenvalue weighted by Gasteiger charge is 2.70. The van der Waals surface area contributed by atoms with Crippen LogP contribution in [-0.4, -0.2) is 69.6 Å². The summed E-state index contributed by atoms with van der Waals surface area (Å²) in [5, 5.41) is 4.25. The van der Waals surface area contributed by atoms with Gasteiger partial charge in [0, 0.05) is 18.6 Å². The van der Waals surface area contributed by atoms with Gasteiger partial charge in [0.25, 0.3) is 0 Å². The van der Waals surface area contributed by atoms with E-state index in [4.69, 9.17) is 4.74 Å². The van der Waals surface area contributed by atoms with Crippen molar-refractivity contribution >= 4 is 21.4 Å². The van der Waals surface area contributed by atoms with E-state index in [-0.39, 0.29) is 22.3 Å². The fourth-order valence-corrected chi connectivity index (χ4v) is 15.3. The van der Waals surface area contributed by atoms with Gasteiger partial charge in [-0.05, 0) is 159 Å². The predicted octanol–water partition coefficient (Wildman–Crippen LogP) is 8.59. The summed E-state index contributed by atoms with van der Waals surface area (Å²) in [6.45, 7) is 23.4. The molecule has 5 fully saturated rings. The number of fused-ring (bicyclic) bond motifs is 7. The normalized spacial score (nSPS) is 41.3. The van der Waals surface area contributed by atoms with Gasteiger partial charge in [0.05, 0.1) is 24.2 Å². The van der Waals surface area contributed by atoms with Crippen LogP contribution in [0.3, 0.4) is 0 Å². The first-order valence-corrected chi connectivity index (χ1v) is 22.1. The Morgan fingerprint density at radius 1 is 0.922 bits per heavy atom. The monoisotopic (exact) mass is 718 g/mol. The quantitative estimate of drug-likeness (QED) is 0.165. The van der Waals surface area contributed by atoms with E-state index >= 15 is 0 Å². The molecule has 1 saturated heterocycles. The SMILES string of the molecule is C=C(C)C1CCC2(NCCCN3CCS(=O)(=O)CC3)CCC3(C)C(CCC4C5(C)CC=C(c6ccc(C(=O)OC)cc6)C(C)(C)C5CCC43C)C12. The third-order valence-corrected chi connectivity index (χ3v) is 18.4. The van der Waals surface area contributed by atoms with Crippen LogP contribution in [0.5, 0.6) is 0 Å². The summed E-state index contributed by atoms with van der Waals surface area (Å²) < 4.78 is 28.9. The number of sulfone groups is 1. The molecule has 7 rings (SSSR count). The highest BCUT2D eigenvalue weighted by atomic mass is 32.2. The molecule has 0 bridgehead atoms. The number of hydrogen-bond donors (Lipinski definition) is 1. The topological polar surface area (TPSA) is 75.7 Å². The van der Waals surface area contributed by atoms with Crippen LogP contribution in [0.4, 0.5) is 0 Å². The molecular formula is C44H66N2O4S. The van der Waals surface area contributed by atoms with Gasteiger partial charge in [-0.15, -0.1) is 0 Å². The Bertz CT molecular complexity index is 1650. The number of nitrogens with one attached hydrogen (secondary N) is 1. The van der Waals surface area contributed by atoms with Crippen molar-refractivity contribution in [3.63, 3.8) is 0 Å². The van der Waals surface area contributed by atoms with Crippen LogP contribution in [-0.2, 0) is 14.6 Å². The molecule has 9 atom stereocenters. The molecule has 6 nitrogen and oxygen atoms in total. The smallest absolute Gasteiger partial charge is 0.337 e. The van der Waals surface area contributed by atoms with Crippen LogP contribution in [0, 0.1) is 51.2 Å². The highest BCUT2D eigenvalue weighted by molar-refractivity contribution is 7.91. The molecule has 0 aromatic heterocycles. The van der Waals surface area contributed by atoms with Gasteiger partial charge in [0.2, 0.25) is 0 Å². The van der Waals surface area contributed by atoms with Crippen molar-refractivity contribution in [3.8, 4) is 0 Å². The largest absolute Gasteiger partial charge is 0.465 e. The molecule has 1 aliphatic heterocycles. The third-order valence-electron chi connectivity index (χ3n) is 16.8. The van der Waals surface area contributed by atoms with Crippen molar-refractivity contribution in [2.45, 2.75) is 111 Å². The van der Waals surface area contributed by atoms with E-state index in [1.807, 2.05) is 12.1 Å². The summed E-state index contributed by atoms with van der Waals surface area (Å²) in [5.74, 6) is 3.59. The maximum absolute atomic E-state index is 12.1. The van der Waals surface area contributed by atoms with Crippen LogP contribution in [0.2, 0.25) is 0 Å². The Labute approximate surface area is 309 Å². The first-order chi connectivity index (χ1) is 24.0. The van der Waals surface area contributed by atoms with Gasteiger partial charge in [-0.3, -0.25) is 0 Å². The van der Waals surface area contributed by atoms with Gasteiger partial charge >= 0.3 is 5.97 Å². The van der Waals surface area contributed by atoms with E-state index < -0.39 is 9.84 Å². The van der Waals surface area contributed by atoms with Gasteiger partial charge in [-0.1, -0.05) is 65.0 Å². The second-order valence-electron chi connectivity index (χ2n) is 19.2. The van der Waals surface area contributed by atoms with Gasteiger partial charge in [-0.25, -0.2) is 13.2 Å².